The van der Waals surface area contributed by atoms with Crippen molar-refractivity contribution in [3.8, 4) is 11.1 Å². The van der Waals surface area contributed by atoms with Gasteiger partial charge in [0.1, 0.15) is 4.70 Å². The molecule has 0 radical (unpaired) electrons. The molecule has 8 heteroatoms. The van der Waals surface area contributed by atoms with Crippen LogP contribution in [0, 0.1) is 0 Å². The third kappa shape index (κ3) is 4.51. The molecule has 0 saturated carbocycles. The number of anilines is 1. The second-order valence-corrected chi connectivity index (χ2v) is 8.41. The van der Waals surface area contributed by atoms with E-state index in [1.807, 2.05) is 28.5 Å². The van der Waals surface area contributed by atoms with Gasteiger partial charge in [0, 0.05) is 48.8 Å². The third-order valence-electron chi connectivity index (χ3n) is 5.34. The second kappa shape index (κ2) is 9.64. The number of nitrogens with one attached hydrogen (secondary N) is 1. The van der Waals surface area contributed by atoms with Gasteiger partial charge < -0.3 is 25.1 Å². The van der Waals surface area contributed by atoms with E-state index in [0.29, 0.717) is 61.1 Å². The number of morpholine rings is 1. The number of benzene rings is 1. The molecular formula is C23H27N3O4S. The minimum atomic E-state index is -0.176. The number of hydrogen-bond acceptors (Lipinski definition) is 7. The van der Waals surface area contributed by atoms with Crippen LogP contribution in [0.1, 0.15) is 29.3 Å². The van der Waals surface area contributed by atoms with E-state index in [0.717, 1.165) is 29.5 Å². The summed E-state index contributed by atoms with van der Waals surface area (Å²) in [6, 6.07) is 7.46. The topological polar surface area (TPSA) is 97.8 Å². The van der Waals surface area contributed by atoms with E-state index >= 15 is 0 Å². The third-order valence-corrected chi connectivity index (χ3v) is 6.32. The molecule has 4 rings (SSSR count). The number of nitrogens with two attached hydrogens (primary N) is 1. The van der Waals surface area contributed by atoms with Gasteiger partial charge >= 0.3 is 0 Å². The SMILES string of the molecule is CCCc1ccc(-c2csc3c(=O)cc(N4CCOCC4)oc23)c(C(=O)NCCN)c1. The van der Waals surface area contributed by atoms with Crippen LogP contribution >= 0.6 is 11.3 Å². The molecule has 1 aromatic carbocycles. The zero-order valence-electron chi connectivity index (χ0n) is 17.6. The van der Waals surface area contributed by atoms with Crippen molar-refractivity contribution in [2.45, 2.75) is 19.8 Å². The maximum absolute atomic E-state index is 12.9. The molecule has 0 spiro atoms. The van der Waals surface area contributed by atoms with Gasteiger partial charge in [-0.25, -0.2) is 0 Å². The van der Waals surface area contributed by atoms with Crippen molar-refractivity contribution in [2.24, 2.45) is 5.73 Å². The molecule has 0 aliphatic carbocycles. The van der Waals surface area contributed by atoms with Crippen molar-refractivity contribution in [3.05, 3.63) is 51.0 Å². The summed E-state index contributed by atoms with van der Waals surface area (Å²) < 4.78 is 12.2. The van der Waals surface area contributed by atoms with Gasteiger partial charge in [0.25, 0.3) is 5.91 Å². The number of ether oxygens (including phenoxy) is 1. The Bertz CT molecular complexity index is 1130. The highest BCUT2D eigenvalue weighted by atomic mass is 32.1. The fraction of sp³-hybridized carbons (Fsp3) is 0.391. The molecule has 0 atom stereocenters. The number of carbonyl (C=O) groups is 1. The van der Waals surface area contributed by atoms with Gasteiger partial charge in [-0.3, -0.25) is 9.59 Å². The lowest BCUT2D eigenvalue weighted by atomic mass is 9.96. The number of rotatable bonds is 7. The smallest absolute Gasteiger partial charge is 0.251 e. The Kier molecular flexibility index (Phi) is 6.70. The van der Waals surface area contributed by atoms with Crippen LogP contribution in [0.3, 0.4) is 0 Å². The van der Waals surface area contributed by atoms with Crippen LogP contribution in [0.25, 0.3) is 21.4 Å². The number of carbonyl (C=O) groups excluding carboxylic acids is 1. The van der Waals surface area contributed by atoms with E-state index in [-0.39, 0.29) is 11.3 Å². The Labute approximate surface area is 184 Å². The first kappa shape index (κ1) is 21.5. The van der Waals surface area contributed by atoms with Crippen molar-refractivity contribution in [3.63, 3.8) is 0 Å². The van der Waals surface area contributed by atoms with Crippen molar-refractivity contribution in [1.82, 2.24) is 5.32 Å². The molecule has 164 valence electrons. The molecule has 2 aromatic heterocycles. The van der Waals surface area contributed by atoms with E-state index < -0.39 is 0 Å². The van der Waals surface area contributed by atoms with Crippen molar-refractivity contribution >= 4 is 33.4 Å². The second-order valence-electron chi connectivity index (χ2n) is 7.53. The first-order valence-corrected chi connectivity index (χ1v) is 11.5. The highest BCUT2D eigenvalue weighted by molar-refractivity contribution is 7.17. The summed E-state index contributed by atoms with van der Waals surface area (Å²) in [6.45, 7) is 5.42. The van der Waals surface area contributed by atoms with Crippen LogP contribution in [0.2, 0.25) is 0 Å². The number of aryl methyl sites for hydroxylation is 1. The Hall–Kier alpha value is -2.68. The molecule has 1 aliphatic rings. The summed E-state index contributed by atoms with van der Waals surface area (Å²) >= 11 is 1.34. The first-order chi connectivity index (χ1) is 15.1. The molecule has 3 heterocycles. The van der Waals surface area contributed by atoms with Gasteiger partial charge in [-0.15, -0.1) is 11.3 Å². The van der Waals surface area contributed by atoms with Crippen LogP contribution in [-0.2, 0) is 11.2 Å². The predicted molar refractivity (Wildman–Crippen MR) is 124 cm³/mol. The molecule has 1 aliphatic heterocycles. The summed E-state index contributed by atoms with van der Waals surface area (Å²) in [7, 11) is 0. The molecule has 1 fully saturated rings. The van der Waals surface area contributed by atoms with Gasteiger partial charge in [0.2, 0.25) is 5.43 Å². The Morgan fingerprint density at radius 2 is 2.03 bits per heavy atom. The summed E-state index contributed by atoms with van der Waals surface area (Å²) in [5.74, 6) is 0.363. The van der Waals surface area contributed by atoms with Gasteiger partial charge in [-0.05, 0) is 23.6 Å². The van der Waals surface area contributed by atoms with E-state index in [1.165, 1.54) is 11.3 Å². The quantitative estimate of drug-likeness (QED) is 0.585. The Morgan fingerprint density at radius 3 is 2.77 bits per heavy atom. The summed E-state index contributed by atoms with van der Waals surface area (Å²) in [6.07, 6.45) is 1.88. The minimum Gasteiger partial charge on any atom is -0.439 e. The molecule has 1 saturated heterocycles. The highest BCUT2D eigenvalue weighted by Gasteiger charge is 2.21. The fourth-order valence-corrected chi connectivity index (χ4v) is 4.70. The minimum absolute atomic E-state index is 0.0734. The van der Waals surface area contributed by atoms with Crippen molar-refractivity contribution in [2.75, 3.05) is 44.3 Å². The van der Waals surface area contributed by atoms with E-state index in [4.69, 9.17) is 14.9 Å². The number of amides is 1. The molecule has 3 aromatic rings. The predicted octanol–water partition coefficient (Wildman–Crippen LogP) is 3.00. The summed E-state index contributed by atoms with van der Waals surface area (Å²) in [5.41, 5.74) is 9.19. The van der Waals surface area contributed by atoms with Crippen LogP contribution in [0.5, 0.6) is 0 Å². The molecular weight excluding hydrogens is 414 g/mol. The first-order valence-electron chi connectivity index (χ1n) is 10.6. The lowest BCUT2D eigenvalue weighted by Crippen LogP contribution is -2.36. The van der Waals surface area contributed by atoms with E-state index in [1.54, 1.807) is 6.07 Å². The lowest BCUT2D eigenvalue weighted by Gasteiger charge is -2.27. The normalized spacial score (nSPS) is 14.2. The molecule has 3 N–H and O–H groups in total. The Balaban J connectivity index is 1.82. The average molecular weight is 442 g/mol. The van der Waals surface area contributed by atoms with Crippen LogP contribution in [0.15, 0.2) is 38.9 Å². The average Bonchev–Trinajstić information content (AvgIpc) is 3.22. The maximum Gasteiger partial charge on any atom is 0.251 e. The highest BCUT2D eigenvalue weighted by Crippen LogP contribution is 2.36. The van der Waals surface area contributed by atoms with Gasteiger partial charge in [0.15, 0.2) is 11.5 Å². The van der Waals surface area contributed by atoms with Crippen LogP contribution in [0.4, 0.5) is 5.88 Å². The zero-order chi connectivity index (χ0) is 21.8. The number of nitrogens with zero attached hydrogens (tertiary/aromatic N) is 1. The summed E-state index contributed by atoms with van der Waals surface area (Å²) in [5, 5.41) is 4.76. The number of hydrogen-bond donors (Lipinski definition) is 2. The van der Waals surface area contributed by atoms with Gasteiger partial charge in [0.05, 0.1) is 13.2 Å². The van der Waals surface area contributed by atoms with E-state index in [9.17, 15) is 9.59 Å². The number of fused-ring (bicyclic) bond motifs is 1. The summed E-state index contributed by atoms with van der Waals surface area (Å²) in [4.78, 5) is 27.7. The van der Waals surface area contributed by atoms with Crippen LogP contribution in [-0.4, -0.2) is 45.3 Å². The molecule has 1 amide bonds. The van der Waals surface area contributed by atoms with Gasteiger partial charge in [-0.1, -0.05) is 25.5 Å². The lowest BCUT2D eigenvalue weighted by molar-refractivity contribution is 0.0955. The maximum atomic E-state index is 12.9. The van der Waals surface area contributed by atoms with Crippen LogP contribution < -0.4 is 21.4 Å². The van der Waals surface area contributed by atoms with Gasteiger partial charge in [-0.2, -0.15) is 0 Å². The van der Waals surface area contributed by atoms with E-state index in [2.05, 4.69) is 12.2 Å². The molecule has 31 heavy (non-hydrogen) atoms. The molecule has 0 bridgehead atoms. The molecule has 7 nitrogen and oxygen atoms in total. The monoisotopic (exact) mass is 441 g/mol. The standard InChI is InChI=1S/C23H27N3O4S/c1-2-3-15-4-5-16(17(12-15)23(28)25-7-6-24)18-14-31-22-19(27)13-20(30-21(18)22)26-8-10-29-11-9-26/h4-5,12-14H,2-3,6-11,24H2,1H3,(H,25,28). The fourth-order valence-electron chi connectivity index (χ4n) is 3.79. The number of thiophene rings is 1. The largest absolute Gasteiger partial charge is 0.439 e. The zero-order valence-corrected chi connectivity index (χ0v) is 18.4. The Morgan fingerprint density at radius 1 is 1.23 bits per heavy atom. The molecule has 0 unspecified atom stereocenters. The van der Waals surface area contributed by atoms with Crippen molar-refractivity contribution < 1.29 is 13.9 Å². The van der Waals surface area contributed by atoms with Crippen molar-refractivity contribution in [1.29, 1.82) is 0 Å².